The van der Waals surface area contributed by atoms with Crippen LogP contribution in [-0.4, -0.2) is 15.6 Å². The van der Waals surface area contributed by atoms with Crippen LogP contribution in [0.2, 0.25) is 12.1 Å². The molecule has 0 rings (SSSR count). The van der Waals surface area contributed by atoms with E-state index in [4.69, 9.17) is 4.43 Å². The maximum absolute atomic E-state index is 5.96. The van der Waals surface area contributed by atoms with Gasteiger partial charge in [0.15, 0.2) is 0 Å². The Balaban J connectivity index is 3.45. The highest BCUT2D eigenvalue weighted by atomic mass is 28.3. The van der Waals surface area contributed by atoms with Crippen LogP contribution < -0.4 is 0 Å². The summed E-state index contributed by atoms with van der Waals surface area (Å²) in [5.41, 5.74) is 0. The summed E-state index contributed by atoms with van der Waals surface area (Å²) < 4.78 is 5.96. The van der Waals surface area contributed by atoms with Crippen molar-refractivity contribution in [3.8, 4) is 0 Å². The topological polar surface area (TPSA) is 9.23 Å². The molecule has 0 atom stereocenters. The number of hydrogen-bond donors (Lipinski definition) is 0. The van der Waals surface area contributed by atoms with Gasteiger partial charge in [-0.15, -0.1) is 0 Å². The minimum absolute atomic E-state index is 0.470. The summed E-state index contributed by atoms with van der Waals surface area (Å²) in [7, 11) is -0.470. The molecule has 0 fully saturated rings. The van der Waals surface area contributed by atoms with Gasteiger partial charge in [-0.3, -0.25) is 0 Å². The minimum Gasteiger partial charge on any atom is -0.417 e. The van der Waals surface area contributed by atoms with Gasteiger partial charge in [0, 0.05) is 6.61 Å². The first kappa shape index (κ1) is 18.2. The van der Waals surface area contributed by atoms with Crippen molar-refractivity contribution < 1.29 is 4.43 Å². The van der Waals surface area contributed by atoms with Crippen LogP contribution in [0.5, 0.6) is 0 Å². The Morgan fingerprint density at radius 2 is 1.06 bits per heavy atom. The van der Waals surface area contributed by atoms with Crippen molar-refractivity contribution in [3.05, 3.63) is 0 Å². The first-order chi connectivity index (χ1) is 8.85. The first-order valence-electron chi connectivity index (χ1n) is 8.32. The fourth-order valence-corrected chi connectivity index (χ4v) is 4.56. The lowest BCUT2D eigenvalue weighted by atomic mass is 10.2. The lowest BCUT2D eigenvalue weighted by molar-refractivity contribution is 0.338. The van der Waals surface area contributed by atoms with Gasteiger partial charge >= 0.3 is 0 Å². The lowest BCUT2D eigenvalue weighted by Gasteiger charge is -2.14. The van der Waals surface area contributed by atoms with E-state index in [0.717, 1.165) is 6.61 Å². The smallest absolute Gasteiger partial charge is 0.211 e. The molecule has 0 aromatic rings. The highest BCUT2D eigenvalue weighted by Crippen LogP contribution is 2.15. The summed E-state index contributed by atoms with van der Waals surface area (Å²) in [5.74, 6) is 0. The molecular formula is C16H35OSi. The van der Waals surface area contributed by atoms with Crippen LogP contribution in [0.1, 0.15) is 85.0 Å². The fraction of sp³-hybridized carbons (Fsp3) is 1.00. The molecule has 0 bridgehead atoms. The van der Waals surface area contributed by atoms with Gasteiger partial charge in [-0.25, -0.2) is 0 Å². The van der Waals surface area contributed by atoms with E-state index in [9.17, 15) is 0 Å². The van der Waals surface area contributed by atoms with E-state index >= 15 is 0 Å². The van der Waals surface area contributed by atoms with Crippen LogP contribution in [0, 0.1) is 0 Å². The Morgan fingerprint density at radius 3 is 1.44 bits per heavy atom. The Kier molecular flexibility index (Phi) is 15.4. The molecule has 0 aromatic carbocycles. The second kappa shape index (κ2) is 15.2. The van der Waals surface area contributed by atoms with Crippen molar-refractivity contribution in [2.75, 3.05) is 6.61 Å². The van der Waals surface area contributed by atoms with E-state index in [2.05, 4.69) is 20.8 Å². The second-order valence-corrected chi connectivity index (χ2v) is 7.67. The van der Waals surface area contributed by atoms with Crippen molar-refractivity contribution in [2.45, 2.75) is 97.1 Å². The standard InChI is InChI=1S/C16H35OSi/c1-4-7-9-11-13-15-18(17-6-3)16-14-12-10-8-5-2/h4-16H2,1-3H3. The zero-order valence-corrected chi connectivity index (χ0v) is 14.1. The third-order valence-corrected chi connectivity index (χ3v) is 5.99. The van der Waals surface area contributed by atoms with Crippen LogP contribution in [0.3, 0.4) is 0 Å². The first-order valence-corrected chi connectivity index (χ1v) is 10.1. The van der Waals surface area contributed by atoms with Crippen molar-refractivity contribution in [3.63, 3.8) is 0 Å². The summed E-state index contributed by atoms with van der Waals surface area (Å²) in [6, 6.07) is 2.77. The third-order valence-electron chi connectivity index (χ3n) is 3.47. The van der Waals surface area contributed by atoms with Gasteiger partial charge in [-0.1, -0.05) is 78.1 Å². The van der Waals surface area contributed by atoms with Gasteiger partial charge in [0.25, 0.3) is 0 Å². The largest absolute Gasteiger partial charge is 0.417 e. The van der Waals surface area contributed by atoms with Crippen LogP contribution in [0.25, 0.3) is 0 Å². The molecule has 0 aromatic heterocycles. The molecule has 1 radical (unpaired) electrons. The van der Waals surface area contributed by atoms with Crippen LogP contribution in [-0.2, 0) is 4.43 Å². The van der Waals surface area contributed by atoms with E-state index in [1.54, 1.807) is 0 Å². The molecule has 0 aliphatic heterocycles. The number of hydrogen-bond acceptors (Lipinski definition) is 1. The average Bonchev–Trinajstić information content (AvgIpc) is 2.38. The lowest BCUT2D eigenvalue weighted by Crippen LogP contribution is -2.17. The quantitative estimate of drug-likeness (QED) is 0.280. The molecule has 0 N–H and O–H groups in total. The van der Waals surface area contributed by atoms with E-state index in [1.165, 1.54) is 76.3 Å². The predicted molar refractivity (Wildman–Crippen MR) is 84.5 cm³/mol. The molecule has 0 aliphatic carbocycles. The van der Waals surface area contributed by atoms with Crippen molar-refractivity contribution in [1.29, 1.82) is 0 Å². The third kappa shape index (κ3) is 12.6. The van der Waals surface area contributed by atoms with Gasteiger partial charge < -0.3 is 4.43 Å². The molecule has 0 saturated carbocycles. The highest BCUT2D eigenvalue weighted by molar-refractivity contribution is 6.51. The SMILES string of the molecule is CCCCCCC[Si](CCCCCCC)OCC. The van der Waals surface area contributed by atoms with Crippen molar-refractivity contribution >= 4 is 9.04 Å². The van der Waals surface area contributed by atoms with Crippen LogP contribution in [0.15, 0.2) is 0 Å². The fourth-order valence-electron chi connectivity index (χ4n) is 2.32. The Hall–Kier alpha value is 0.177. The predicted octanol–water partition coefficient (Wildman–Crippen LogP) is 5.96. The summed E-state index contributed by atoms with van der Waals surface area (Å²) in [4.78, 5) is 0. The van der Waals surface area contributed by atoms with Gasteiger partial charge in [0.2, 0.25) is 9.04 Å². The molecule has 18 heavy (non-hydrogen) atoms. The van der Waals surface area contributed by atoms with Gasteiger partial charge in [0.1, 0.15) is 0 Å². The van der Waals surface area contributed by atoms with Crippen molar-refractivity contribution in [2.24, 2.45) is 0 Å². The number of rotatable bonds is 14. The molecular weight excluding hydrogens is 236 g/mol. The second-order valence-electron chi connectivity index (χ2n) is 5.30. The molecule has 0 amide bonds. The van der Waals surface area contributed by atoms with E-state index < -0.39 is 9.04 Å². The van der Waals surface area contributed by atoms with Crippen LogP contribution in [0.4, 0.5) is 0 Å². The Morgan fingerprint density at radius 1 is 0.611 bits per heavy atom. The summed E-state index contributed by atoms with van der Waals surface area (Å²) in [6.45, 7) is 7.65. The monoisotopic (exact) mass is 271 g/mol. The van der Waals surface area contributed by atoms with Gasteiger partial charge in [-0.2, -0.15) is 0 Å². The summed E-state index contributed by atoms with van der Waals surface area (Å²) in [5, 5.41) is 0. The maximum atomic E-state index is 5.96. The molecule has 0 saturated heterocycles. The van der Waals surface area contributed by atoms with E-state index in [0.29, 0.717) is 0 Å². The summed E-state index contributed by atoms with van der Waals surface area (Å²) in [6.07, 6.45) is 14.0. The number of unbranched alkanes of at least 4 members (excludes halogenated alkanes) is 8. The maximum Gasteiger partial charge on any atom is 0.211 e. The van der Waals surface area contributed by atoms with Gasteiger partial charge in [0.05, 0.1) is 0 Å². The van der Waals surface area contributed by atoms with Crippen LogP contribution >= 0.6 is 0 Å². The molecule has 0 unspecified atom stereocenters. The summed E-state index contributed by atoms with van der Waals surface area (Å²) >= 11 is 0. The minimum atomic E-state index is -0.470. The molecule has 0 spiro atoms. The zero-order chi connectivity index (χ0) is 13.5. The van der Waals surface area contributed by atoms with Gasteiger partial charge in [-0.05, 0) is 19.0 Å². The van der Waals surface area contributed by atoms with Crippen molar-refractivity contribution in [1.82, 2.24) is 0 Å². The molecule has 0 aliphatic rings. The molecule has 1 nitrogen and oxygen atoms in total. The zero-order valence-electron chi connectivity index (χ0n) is 13.1. The average molecular weight is 272 g/mol. The molecule has 2 heteroatoms. The molecule has 0 heterocycles. The van der Waals surface area contributed by atoms with E-state index in [1.807, 2.05) is 0 Å². The Bertz CT molecular complexity index is 136. The molecule has 109 valence electrons. The highest BCUT2D eigenvalue weighted by Gasteiger charge is 2.11. The van der Waals surface area contributed by atoms with E-state index in [-0.39, 0.29) is 0 Å². The Labute approximate surface area is 117 Å². The normalized spacial score (nSPS) is 11.3.